The summed E-state index contributed by atoms with van der Waals surface area (Å²) in [4.78, 5) is 11.5. The van der Waals surface area contributed by atoms with Gasteiger partial charge in [-0.3, -0.25) is 4.40 Å². The van der Waals surface area contributed by atoms with Gasteiger partial charge in [-0.15, -0.1) is 0 Å². The summed E-state index contributed by atoms with van der Waals surface area (Å²) in [6.07, 6.45) is 8.91. The molecular formula is C28H38FN5. The van der Waals surface area contributed by atoms with E-state index in [0.717, 1.165) is 72.5 Å². The summed E-state index contributed by atoms with van der Waals surface area (Å²) in [5.74, 6) is 1.51. The fraction of sp³-hybridized carbons (Fsp3) is 0.500. The second-order valence-corrected chi connectivity index (χ2v) is 10.1. The van der Waals surface area contributed by atoms with Gasteiger partial charge < -0.3 is 10.6 Å². The Labute approximate surface area is 202 Å². The van der Waals surface area contributed by atoms with E-state index in [1.165, 1.54) is 0 Å². The van der Waals surface area contributed by atoms with Gasteiger partial charge in [-0.05, 0) is 55.7 Å². The van der Waals surface area contributed by atoms with Crippen molar-refractivity contribution >= 4 is 17.0 Å². The maximum Gasteiger partial charge on any atom is 0.149 e. The number of benzene rings is 1. The quantitative estimate of drug-likeness (QED) is 0.423. The van der Waals surface area contributed by atoms with Crippen molar-refractivity contribution in [1.82, 2.24) is 19.3 Å². The van der Waals surface area contributed by atoms with Gasteiger partial charge in [-0.2, -0.15) is 0 Å². The Morgan fingerprint density at radius 2 is 2.06 bits per heavy atom. The van der Waals surface area contributed by atoms with Gasteiger partial charge in [0.15, 0.2) is 0 Å². The van der Waals surface area contributed by atoms with Crippen molar-refractivity contribution in [2.24, 2.45) is 5.92 Å². The van der Waals surface area contributed by atoms with E-state index in [1.807, 2.05) is 23.6 Å². The van der Waals surface area contributed by atoms with Crippen molar-refractivity contribution in [2.45, 2.75) is 78.7 Å². The molecule has 1 aromatic carbocycles. The lowest BCUT2D eigenvalue weighted by atomic mass is 9.85. The van der Waals surface area contributed by atoms with E-state index < -0.39 is 0 Å². The highest BCUT2D eigenvalue weighted by molar-refractivity contribution is 5.70. The number of hydrogen-bond acceptors (Lipinski definition) is 4. The van der Waals surface area contributed by atoms with Crippen LogP contribution < -0.4 is 5.73 Å². The first-order chi connectivity index (χ1) is 16.2. The van der Waals surface area contributed by atoms with Crippen molar-refractivity contribution in [3.8, 4) is 0 Å². The first kappa shape index (κ1) is 24.2. The first-order valence-electron chi connectivity index (χ1n) is 12.6. The highest BCUT2D eigenvalue weighted by Gasteiger charge is 2.30. The fourth-order valence-corrected chi connectivity index (χ4v) is 5.66. The standard InChI is InChI=1S/C28H38FN5/c1-7-9-21-10-8-14-33(21)20(6)25-23(16-17(2)3)22(11-12-24(25)29)18(4)28-32-19(5)26-27(30)31-13-15-34(26)28/h11-13,15,17-18,21H,6-10,14,16H2,1-5H3,(H2,30,31). The van der Waals surface area contributed by atoms with E-state index in [-0.39, 0.29) is 11.7 Å². The van der Waals surface area contributed by atoms with Gasteiger partial charge in [0.25, 0.3) is 0 Å². The third-order valence-corrected chi connectivity index (χ3v) is 7.18. The van der Waals surface area contributed by atoms with Crippen LogP contribution in [0.25, 0.3) is 11.2 Å². The average molecular weight is 464 g/mol. The highest BCUT2D eigenvalue weighted by Crippen LogP contribution is 2.38. The summed E-state index contributed by atoms with van der Waals surface area (Å²) in [7, 11) is 0. The van der Waals surface area contributed by atoms with Crippen molar-refractivity contribution in [1.29, 1.82) is 0 Å². The third-order valence-electron chi connectivity index (χ3n) is 7.18. The highest BCUT2D eigenvalue weighted by atomic mass is 19.1. The van der Waals surface area contributed by atoms with Crippen molar-refractivity contribution in [3.63, 3.8) is 0 Å². The number of likely N-dealkylation sites (tertiary alicyclic amines) is 1. The largest absolute Gasteiger partial charge is 0.382 e. The molecule has 3 aromatic rings. The van der Waals surface area contributed by atoms with Crippen molar-refractivity contribution in [3.05, 3.63) is 65.1 Å². The summed E-state index contributed by atoms with van der Waals surface area (Å²) in [6, 6.07) is 3.99. The topological polar surface area (TPSA) is 59.4 Å². The molecule has 2 aromatic heterocycles. The van der Waals surface area contributed by atoms with Gasteiger partial charge >= 0.3 is 0 Å². The summed E-state index contributed by atoms with van der Waals surface area (Å²) in [6.45, 7) is 16.1. The number of nitrogens with two attached hydrogens (primary N) is 1. The van der Waals surface area contributed by atoms with E-state index in [9.17, 15) is 0 Å². The molecule has 5 nitrogen and oxygen atoms in total. The number of nitrogens with zero attached hydrogens (tertiary/aromatic N) is 4. The first-order valence-corrected chi connectivity index (χ1v) is 12.6. The molecule has 1 aliphatic rings. The molecule has 0 aliphatic carbocycles. The molecule has 1 fully saturated rings. The molecule has 0 spiro atoms. The molecule has 0 bridgehead atoms. The molecule has 34 heavy (non-hydrogen) atoms. The number of fused-ring (bicyclic) bond motifs is 1. The number of hydrogen-bond donors (Lipinski definition) is 1. The van der Waals surface area contributed by atoms with Crippen LogP contribution >= 0.6 is 0 Å². The van der Waals surface area contributed by atoms with Crippen LogP contribution in [0.15, 0.2) is 31.1 Å². The second kappa shape index (κ2) is 9.77. The van der Waals surface area contributed by atoms with Crippen LogP contribution in [0, 0.1) is 18.7 Å². The Hall–Kier alpha value is -2.89. The van der Waals surface area contributed by atoms with Crippen LogP contribution in [0.5, 0.6) is 0 Å². The SMILES string of the molecule is C=C(c1c(F)ccc(C(C)c2nc(C)c3c(N)nccn23)c1CC(C)C)N1CCCC1CCC. The van der Waals surface area contributed by atoms with Gasteiger partial charge in [-0.25, -0.2) is 14.4 Å². The van der Waals surface area contributed by atoms with Gasteiger partial charge in [0.2, 0.25) is 0 Å². The van der Waals surface area contributed by atoms with Crippen LogP contribution in [-0.2, 0) is 6.42 Å². The summed E-state index contributed by atoms with van der Waals surface area (Å²) < 4.78 is 17.6. The zero-order chi connectivity index (χ0) is 24.6. The molecule has 6 heteroatoms. The molecular weight excluding hydrogens is 425 g/mol. The van der Waals surface area contributed by atoms with Crippen LogP contribution in [0.3, 0.4) is 0 Å². The van der Waals surface area contributed by atoms with Gasteiger partial charge in [0.1, 0.15) is 23.0 Å². The van der Waals surface area contributed by atoms with Crippen LogP contribution in [0.4, 0.5) is 10.2 Å². The molecule has 0 saturated carbocycles. The van der Waals surface area contributed by atoms with Gasteiger partial charge in [0, 0.05) is 42.2 Å². The maximum atomic E-state index is 15.5. The van der Waals surface area contributed by atoms with Gasteiger partial charge in [0.05, 0.1) is 5.69 Å². The maximum absolute atomic E-state index is 15.5. The van der Waals surface area contributed by atoms with E-state index in [1.54, 1.807) is 12.3 Å². The zero-order valence-corrected chi connectivity index (χ0v) is 21.2. The van der Waals surface area contributed by atoms with E-state index >= 15 is 4.39 Å². The van der Waals surface area contributed by atoms with Crippen molar-refractivity contribution < 1.29 is 4.39 Å². The Bertz CT molecular complexity index is 1200. The Morgan fingerprint density at radius 3 is 2.76 bits per heavy atom. The predicted molar refractivity (Wildman–Crippen MR) is 138 cm³/mol. The predicted octanol–water partition coefficient (Wildman–Crippen LogP) is 6.34. The molecule has 182 valence electrons. The molecule has 0 radical (unpaired) electrons. The molecule has 1 saturated heterocycles. The summed E-state index contributed by atoms with van der Waals surface area (Å²) >= 11 is 0. The van der Waals surface area contributed by atoms with Gasteiger partial charge in [-0.1, -0.05) is 46.8 Å². The molecule has 1 aliphatic heterocycles. The van der Waals surface area contributed by atoms with E-state index in [2.05, 4.69) is 44.2 Å². The lowest BCUT2D eigenvalue weighted by molar-refractivity contribution is 0.347. The normalized spacial score (nSPS) is 17.1. The smallest absolute Gasteiger partial charge is 0.149 e. The lowest BCUT2D eigenvalue weighted by Gasteiger charge is -2.31. The third kappa shape index (κ3) is 4.30. The number of aryl methyl sites for hydroxylation is 1. The minimum Gasteiger partial charge on any atom is -0.382 e. The van der Waals surface area contributed by atoms with E-state index in [0.29, 0.717) is 23.3 Å². The summed E-state index contributed by atoms with van der Waals surface area (Å²) in [5.41, 5.74) is 11.5. The van der Waals surface area contributed by atoms with E-state index in [4.69, 9.17) is 10.7 Å². The molecule has 3 heterocycles. The molecule has 4 rings (SSSR count). The Balaban J connectivity index is 1.84. The van der Waals surface area contributed by atoms with Crippen LogP contribution in [0.2, 0.25) is 0 Å². The number of halogens is 1. The minimum absolute atomic E-state index is 0.0473. The Kier molecular flexibility index (Phi) is 6.96. The lowest BCUT2D eigenvalue weighted by Crippen LogP contribution is -2.28. The number of imidazole rings is 1. The Morgan fingerprint density at radius 1 is 1.29 bits per heavy atom. The van der Waals surface area contributed by atoms with Crippen molar-refractivity contribution in [2.75, 3.05) is 12.3 Å². The zero-order valence-electron chi connectivity index (χ0n) is 21.2. The molecule has 2 N–H and O–H groups in total. The van der Waals surface area contributed by atoms with Crippen LogP contribution in [-0.4, -0.2) is 31.9 Å². The fourth-order valence-electron chi connectivity index (χ4n) is 5.66. The monoisotopic (exact) mass is 463 g/mol. The van der Waals surface area contributed by atoms with Crippen LogP contribution in [0.1, 0.15) is 87.5 Å². The number of rotatable bonds is 8. The minimum atomic E-state index is -0.184. The second-order valence-electron chi connectivity index (χ2n) is 10.1. The number of anilines is 1. The number of aromatic nitrogens is 3. The molecule has 2 unspecified atom stereocenters. The summed E-state index contributed by atoms with van der Waals surface area (Å²) in [5, 5.41) is 0. The number of nitrogen functional groups attached to an aromatic ring is 1. The molecule has 2 atom stereocenters. The molecule has 0 amide bonds. The average Bonchev–Trinajstić information content (AvgIpc) is 3.38.